The molecule has 0 fully saturated rings. The average molecular weight is 463 g/mol. The van der Waals surface area contributed by atoms with E-state index in [4.69, 9.17) is 16.3 Å². The maximum atomic E-state index is 12.8. The van der Waals surface area contributed by atoms with Crippen LogP contribution >= 0.6 is 11.6 Å². The van der Waals surface area contributed by atoms with Gasteiger partial charge in [-0.25, -0.2) is 0 Å². The Hall–Kier alpha value is -3.52. The van der Waals surface area contributed by atoms with E-state index in [2.05, 4.69) is 10.6 Å². The summed E-state index contributed by atoms with van der Waals surface area (Å²) in [6.45, 7) is 1.55. The van der Waals surface area contributed by atoms with Crippen LogP contribution in [0.3, 0.4) is 0 Å². The van der Waals surface area contributed by atoms with Crippen LogP contribution in [-0.2, 0) is 11.0 Å². The van der Waals surface area contributed by atoms with Crippen molar-refractivity contribution in [3.05, 3.63) is 88.4 Å². The molecule has 3 rings (SSSR count). The van der Waals surface area contributed by atoms with Crippen molar-refractivity contribution < 1.29 is 27.5 Å². The molecule has 32 heavy (non-hydrogen) atoms. The number of hydrogen-bond acceptors (Lipinski definition) is 3. The van der Waals surface area contributed by atoms with Crippen molar-refractivity contribution in [2.45, 2.75) is 13.1 Å². The van der Waals surface area contributed by atoms with Crippen LogP contribution in [0.4, 0.5) is 24.5 Å². The van der Waals surface area contributed by atoms with Gasteiger partial charge in [0, 0.05) is 22.0 Å². The summed E-state index contributed by atoms with van der Waals surface area (Å²) in [7, 11) is 0. The molecule has 0 saturated heterocycles. The fourth-order valence-corrected chi connectivity index (χ4v) is 2.89. The molecule has 0 atom stereocenters. The highest BCUT2D eigenvalue weighted by molar-refractivity contribution is 6.31. The number of amides is 2. The van der Waals surface area contributed by atoms with Gasteiger partial charge in [-0.2, -0.15) is 13.2 Å². The second kappa shape index (κ2) is 9.74. The van der Waals surface area contributed by atoms with Gasteiger partial charge in [-0.3, -0.25) is 9.59 Å². The number of aryl methyl sites for hydroxylation is 1. The molecule has 0 radical (unpaired) electrons. The van der Waals surface area contributed by atoms with E-state index in [-0.39, 0.29) is 17.9 Å². The summed E-state index contributed by atoms with van der Waals surface area (Å²) in [5.74, 6) is -0.586. The van der Waals surface area contributed by atoms with E-state index in [1.54, 1.807) is 30.3 Å². The van der Waals surface area contributed by atoms with Gasteiger partial charge in [0.2, 0.25) is 0 Å². The molecular formula is C23H18ClF3N2O3. The van der Waals surface area contributed by atoms with Gasteiger partial charge in [0.1, 0.15) is 5.75 Å². The number of halogens is 4. The minimum absolute atomic E-state index is 0.00548. The SMILES string of the molecule is Cc1cc(OCC(=O)Nc2cccc(C(=O)Nc3cccc(C(F)(F)F)c3)c2)ccc1Cl. The Balaban J connectivity index is 1.61. The molecule has 0 saturated carbocycles. The maximum absolute atomic E-state index is 12.8. The van der Waals surface area contributed by atoms with Crippen molar-refractivity contribution >= 4 is 34.8 Å². The third-order valence-electron chi connectivity index (χ3n) is 4.36. The highest BCUT2D eigenvalue weighted by Gasteiger charge is 2.30. The van der Waals surface area contributed by atoms with E-state index in [9.17, 15) is 22.8 Å². The molecule has 0 aliphatic carbocycles. The standard InChI is InChI=1S/C23H18ClF3N2O3/c1-14-10-19(8-9-20(14)24)32-13-21(30)28-17-6-2-4-15(11-17)22(31)29-18-7-3-5-16(12-18)23(25,26)27/h2-12H,13H2,1H3,(H,28,30)(H,29,31). The molecule has 0 aromatic heterocycles. The Morgan fingerprint density at radius 3 is 2.31 bits per heavy atom. The number of ether oxygens (including phenoxy) is 1. The van der Waals surface area contributed by atoms with Gasteiger partial charge in [0.05, 0.1) is 5.56 Å². The van der Waals surface area contributed by atoms with Crippen molar-refractivity contribution in [1.82, 2.24) is 0 Å². The fourth-order valence-electron chi connectivity index (χ4n) is 2.77. The number of hydrogen-bond donors (Lipinski definition) is 2. The number of nitrogens with one attached hydrogen (secondary N) is 2. The lowest BCUT2D eigenvalue weighted by Gasteiger charge is -2.11. The molecule has 0 bridgehead atoms. The average Bonchev–Trinajstić information content (AvgIpc) is 2.74. The first-order valence-corrected chi connectivity index (χ1v) is 9.77. The lowest BCUT2D eigenvalue weighted by molar-refractivity contribution is -0.137. The Morgan fingerprint density at radius 2 is 1.62 bits per heavy atom. The zero-order valence-corrected chi connectivity index (χ0v) is 17.6. The number of alkyl halides is 3. The third-order valence-corrected chi connectivity index (χ3v) is 4.78. The van der Waals surface area contributed by atoms with E-state index in [1.165, 1.54) is 24.3 Å². The molecule has 5 nitrogen and oxygen atoms in total. The van der Waals surface area contributed by atoms with Gasteiger partial charge in [-0.1, -0.05) is 23.7 Å². The zero-order valence-electron chi connectivity index (χ0n) is 16.8. The topological polar surface area (TPSA) is 67.4 Å². The van der Waals surface area contributed by atoms with Crippen LogP contribution in [0.25, 0.3) is 0 Å². The summed E-state index contributed by atoms with van der Waals surface area (Å²) in [5, 5.41) is 5.61. The van der Waals surface area contributed by atoms with Crippen molar-refractivity contribution in [3.63, 3.8) is 0 Å². The summed E-state index contributed by atoms with van der Waals surface area (Å²) in [6, 6.07) is 15.3. The Morgan fingerprint density at radius 1 is 0.938 bits per heavy atom. The lowest BCUT2D eigenvalue weighted by Crippen LogP contribution is -2.20. The Bertz CT molecular complexity index is 1150. The largest absolute Gasteiger partial charge is 0.484 e. The van der Waals surface area contributed by atoms with E-state index < -0.39 is 23.6 Å². The number of carbonyl (C=O) groups excluding carboxylic acids is 2. The van der Waals surface area contributed by atoms with Crippen LogP contribution in [0.5, 0.6) is 5.75 Å². The molecule has 0 spiro atoms. The maximum Gasteiger partial charge on any atom is 0.416 e. The van der Waals surface area contributed by atoms with Gasteiger partial charge in [0.15, 0.2) is 6.61 Å². The second-order valence-corrected chi connectivity index (χ2v) is 7.27. The molecule has 0 unspecified atom stereocenters. The second-order valence-electron chi connectivity index (χ2n) is 6.86. The highest BCUT2D eigenvalue weighted by atomic mass is 35.5. The summed E-state index contributed by atoms with van der Waals surface area (Å²) in [5.41, 5.74) is 0.444. The van der Waals surface area contributed by atoms with Gasteiger partial charge < -0.3 is 15.4 Å². The smallest absolute Gasteiger partial charge is 0.416 e. The van der Waals surface area contributed by atoms with Crippen molar-refractivity contribution in [2.24, 2.45) is 0 Å². The van der Waals surface area contributed by atoms with E-state index in [1.807, 2.05) is 6.92 Å². The van der Waals surface area contributed by atoms with Crippen LogP contribution < -0.4 is 15.4 Å². The van der Waals surface area contributed by atoms with Crippen LogP contribution in [-0.4, -0.2) is 18.4 Å². The number of benzene rings is 3. The zero-order chi connectivity index (χ0) is 23.3. The minimum Gasteiger partial charge on any atom is -0.484 e. The van der Waals surface area contributed by atoms with E-state index in [0.717, 1.165) is 17.7 Å². The summed E-state index contributed by atoms with van der Waals surface area (Å²) < 4.78 is 44.0. The molecule has 9 heteroatoms. The van der Waals surface area contributed by atoms with E-state index in [0.29, 0.717) is 16.5 Å². The monoisotopic (exact) mass is 462 g/mol. The van der Waals surface area contributed by atoms with Crippen LogP contribution in [0, 0.1) is 6.92 Å². The molecule has 166 valence electrons. The Kier molecular flexibility index (Phi) is 7.05. The van der Waals surface area contributed by atoms with Crippen LogP contribution in [0.15, 0.2) is 66.7 Å². The van der Waals surface area contributed by atoms with Gasteiger partial charge in [0.25, 0.3) is 11.8 Å². The first-order chi connectivity index (χ1) is 15.1. The summed E-state index contributed by atoms with van der Waals surface area (Å²) in [4.78, 5) is 24.6. The quantitative estimate of drug-likeness (QED) is 0.476. The summed E-state index contributed by atoms with van der Waals surface area (Å²) in [6.07, 6.45) is -4.52. The van der Waals surface area contributed by atoms with Gasteiger partial charge in [-0.05, 0) is 67.1 Å². The van der Waals surface area contributed by atoms with E-state index >= 15 is 0 Å². The number of rotatable bonds is 6. The molecule has 2 amide bonds. The Labute approximate surface area is 187 Å². The van der Waals surface area contributed by atoms with Crippen LogP contribution in [0.1, 0.15) is 21.5 Å². The van der Waals surface area contributed by atoms with Crippen molar-refractivity contribution in [2.75, 3.05) is 17.2 Å². The normalized spacial score (nSPS) is 11.0. The molecule has 0 aliphatic heterocycles. The molecule has 2 N–H and O–H groups in total. The molecule has 3 aromatic carbocycles. The molecule has 3 aromatic rings. The fraction of sp³-hybridized carbons (Fsp3) is 0.130. The molecule has 0 heterocycles. The number of carbonyl (C=O) groups is 2. The molecule has 0 aliphatic rings. The number of anilines is 2. The van der Waals surface area contributed by atoms with Gasteiger partial charge in [-0.15, -0.1) is 0 Å². The van der Waals surface area contributed by atoms with Gasteiger partial charge >= 0.3 is 6.18 Å². The third kappa shape index (κ3) is 6.24. The molecular weight excluding hydrogens is 445 g/mol. The first kappa shape index (κ1) is 23.1. The van der Waals surface area contributed by atoms with Crippen molar-refractivity contribution in [3.8, 4) is 5.75 Å². The predicted molar refractivity (Wildman–Crippen MR) is 116 cm³/mol. The first-order valence-electron chi connectivity index (χ1n) is 9.39. The predicted octanol–water partition coefficient (Wildman–Crippen LogP) is 5.94. The van der Waals surface area contributed by atoms with Crippen LogP contribution in [0.2, 0.25) is 5.02 Å². The highest BCUT2D eigenvalue weighted by Crippen LogP contribution is 2.30. The van der Waals surface area contributed by atoms with Crippen molar-refractivity contribution in [1.29, 1.82) is 0 Å². The minimum atomic E-state index is -4.52. The lowest BCUT2D eigenvalue weighted by atomic mass is 10.1. The summed E-state index contributed by atoms with van der Waals surface area (Å²) >= 11 is 5.95.